The van der Waals surface area contributed by atoms with E-state index in [-0.39, 0.29) is 0 Å². The molecule has 0 aliphatic heterocycles. The summed E-state index contributed by atoms with van der Waals surface area (Å²) in [6, 6.07) is 6.06. The van der Waals surface area contributed by atoms with Gasteiger partial charge < -0.3 is 10.2 Å². The third kappa shape index (κ3) is 3.14. The van der Waals surface area contributed by atoms with Crippen LogP contribution in [-0.2, 0) is 12.8 Å². The molecule has 2 heterocycles. The van der Waals surface area contributed by atoms with Gasteiger partial charge in [-0.3, -0.25) is 0 Å². The largest absolute Gasteiger partial charge is 0.363 e. The van der Waals surface area contributed by atoms with Crippen LogP contribution >= 0.6 is 0 Å². The minimum absolute atomic E-state index is 0.482. The van der Waals surface area contributed by atoms with Gasteiger partial charge >= 0.3 is 0 Å². The summed E-state index contributed by atoms with van der Waals surface area (Å²) in [6.45, 7) is 4.04. The number of nitrogens with one attached hydrogen (secondary N) is 1. The molecule has 0 atom stereocenters. The Labute approximate surface area is 130 Å². The zero-order chi connectivity index (χ0) is 16.1. The molecule has 1 N–H and O–H groups in total. The fourth-order valence-corrected chi connectivity index (χ4v) is 2.24. The van der Waals surface area contributed by atoms with Crippen molar-refractivity contribution in [1.82, 2.24) is 15.2 Å². The van der Waals surface area contributed by atoms with E-state index in [1.165, 1.54) is 0 Å². The summed E-state index contributed by atoms with van der Waals surface area (Å²) in [6.07, 6.45) is 3.25. The van der Waals surface area contributed by atoms with Crippen LogP contribution in [0.15, 0.2) is 18.3 Å². The van der Waals surface area contributed by atoms with Crippen molar-refractivity contribution in [2.24, 2.45) is 0 Å². The zero-order valence-electron chi connectivity index (χ0n) is 13.4. The monoisotopic (exact) mass is 296 g/mol. The van der Waals surface area contributed by atoms with Gasteiger partial charge in [-0.2, -0.15) is 10.4 Å². The number of aryl methyl sites for hydroxylation is 1. The molecule has 0 unspecified atom stereocenters. The molecule has 2 aromatic rings. The number of nitriles is 1. The maximum absolute atomic E-state index is 9.47. The normalized spacial score (nSPS) is 10.1. The van der Waals surface area contributed by atoms with Crippen molar-refractivity contribution in [3.05, 3.63) is 35.2 Å². The first-order valence-corrected chi connectivity index (χ1v) is 7.29. The van der Waals surface area contributed by atoms with Crippen LogP contribution < -0.4 is 10.2 Å². The summed E-state index contributed by atoms with van der Waals surface area (Å²) >= 11 is 0. The molecular formula is C16H20N6. The third-order valence-corrected chi connectivity index (χ3v) is 3.43. The summed E-state index contributed by atoms with van der Waals surface area (Å²) < 4.78 is 0. The van der Waals surface area contributed by atoms with Gasteiger partial charge in [-0.1, -0.05) is 13.8 Å². The maximum atomic E-state index is 9.47. The lowest BCUT2D eigenvalue weighted by molar-refractivity contribution is 0.877. The van der Waals surface area contributed by atoms with Crippen LogP contribution in [0.25, 0.3) is 0 Å². The number of nitrogens with zero attached hydrogens (tertiary/aromatic N) is 5. The predicted octanol–water partition coefficient (Wildman–Crippen LogP) is 2.68. The highest BCUT2D eigenvalue weighted by Crippen LogP contribution is 2.23. The highest BCUT2D eigenvalue weighted by atomic mass is 15.2. The van der Waals surface area contributed by atoms with Gasteiger partial charge in [0.25, 0.3) is 0 Å². The Bertz CT molecular complexity index is 685. The molecule has 0 aliphatic rings. The summed E-state index contributed by atoms with van der Waals surface area (Å²) in [7, 11) is 3.87. The molecule has 2 rings (SSSR count). The number of aromatic nitrogens is 3. The van der Waals surface area contributed by atoms with Gasteiger partial charge in [0.1, 0.15) is 17.5 Å². The SMILES string of the molecule is CCc1nnc(Nc2ccc(N(C)C)nc2)c(C#N)c1CC. The molecule has 22 heavy (non-hydrogen) atoms. The Morgan fingerprint density at radius 1 is 1.18 bits per heavy atom. The van der Waals surface area contributed by atoms with Gasteiger partial charge in [-0.25, -0.2) is 4.98 Å². The quantitative estimate of drug-likeness (QED) is 0.914. The van der Waals surface area contributed by atoms with E-state index in [0.29, 0.717) is 11.4 Å². The first kappa shape index (κ1) is 15.7. The molecule has 0 fully saturated rings. The first-order chi connectivity index (χ1) is 10.6. The second-order valence-electron chi connectivity index (χ2n) is 5.09. The number of hydrogen-bond acceptors (Lipinski definition) is 6. The summed E-state index contributed by atoms with van der Waals surface area (Å²) in [5.74, 6) is 1.35. The second-order valence-corrected chi connectivity index (χ2v) is 5.09. The second kappa shape index (κ2) is 6.85. The van der Waals surface area contributed by atoms with Gasteiger partial charge in [0, 0.05) is 14.1 Å². The molecule has 0 saturated carbocycles. The van der Waals surface area contributed by atoms with Crippen molar-refractivity contribution in [3.8, 4) is 6.07 Å². The number of pyridine rings is 1. The van der Waals surface area contributed by atoms with Gasteiger partial charge in [0.15, 0.2) is 5.82 Å². The molecular weight excluding hydrogens is 276 g/mol. The maximum Gasteiger partial charge on any atom is 0.171 e. The molecule has 114 valence electrons. The molecule has 6 nitrogen and oxygen atoms in total. The minimum atomic E-state index is 0.482. The number of anilines is 3. The standard InChI is InChI=1S/C16H20N6/c1-5-12-13(9-17)16(21-20-14(12)6-2)19-11-7-8-15(18-10-11)22(3)4/h7-8,10H,5-6H2,1-4H3,(H,19,21). The Morgan fingerprint density at radius 2 is 1.95 bits per heavy atom. The summed E-state index contributed by atoms with van der Waals surface area (Å²) in [4.78, 5) is 6.26. The minimum Gasteiger partial charge on any atom is -0.363 e. The predicted molar refractivity (Wildman–Crippen MR) is 87.3 cm³/mol. The topological polar surface area (TPSA) is 77.7 Å². The van der Waals surface area contributed by atoms with Crippen LogP contribution in [0.1, 0.15) is 30.7 Å². The Morgan fingerprint density at radius 3 is 2.45 bits per heavy atom. The summed E-state index contributed by atoms with van der Waals surface area (Å²) in [5, 5.41) is 21.0. The van der Waals surface area contributed by atoms with Crippen molar-refractivity contribution in [1.29, 1.82) is 5.26 Å². The average molecular weight is 296 g/mol. The smallest absolute Gasteiger partial charge is 0.171 e. The van der Waals surface area contributed by atoms with Crippen molar-refractivity contribution in [2.45, 2.75) is 26.7 Å². The van der Waals surface area contributed by atoms with E-state index in [1.54, 1.807) is 6.20 Å². The molecule has 6 heteroatoms. The van der Waals surface area contributed by atoms with Crippen LogP contribution in [0.3, 0.4) is 0 Å². The molecule has 0 aromatic carbocycles. The number of rotatable bonds is 5. The summed E-state index contributed by atoms with van der Waals surface area (Å²) in [5.41, 5.74) is 3.18. The van der Waals surface area contributed by atoms with E-state index in [4.69, 9.17) is 0 Å². The lowest BCUT2D eigenvalue weighted by atomic mass is 10.0. The molecule has 0 bridgehead atoms. The van der Waals surface area contributed by atoms with E-state index in [2.05, 4.69) is 26.6 Å². The Kier molecular flexibility index (Phi) is 4.89. The van der Waals surface area contributed by atoms with Crippen molar-refractivity contribution in [2.75, 3.05) is 24.3 Å². The molecule has 0 saturated heterocycles. The van der Waals surface area contributed by atoms with Gasteiger partial charge in [-0.05, 0) is 30.5 Å². The van der Waals surface area contributed by atoms with Crippen LogP contribution in [0.4, 0.5) is 17.3 Å². The van der Waals surface area contributed by atoms with Crippen LogP contribution in [0.2, 0.25) is 0 Å². The molecule has 0 amide bonds. The van der Waals surface area contributed by atoms with Crippen LogP contribution in [-0.4, -0.2) is 29.3 Å². The highest BCUT2D eigenvalue weighted by Gasteiger charge is 2.14. The highest BCUT2D eigenvalue weighted by molar-refractivity contribution is 5.64. The fourth-order valence-electron chi connectivity index (χ4n) is 2.24. The van der Waals surface area contributed by atoms with Gasteiger partial charge in [-0.15, -0.1) is 5.10 Å². The lowest BCUT2D eigenvalue weighted by Crippen LogP contribution is -2.10. The van der Waals surface area contributed by atoms with Crippen molar-refractivity contribution < 1.29 is 0 Å². The van der Waals surface area contributed by atoms with Gasteiger partial charge in [0.2, 0.25) is 0 Å². The van der Waals surface area contributed by atoms with Crippen LogP contribution in [0.5, 0.6) is 0 Å². The molecule has 0 spiro atoms. The lowest BCUT2D eigenvalue weighted by Gasteiger charge is -2.13. The fraction of sp³-hybridized carbons (Fsp3) is 0.375. The van der Waals surface area contributed by atoms with E-state index >= 15 is 0 Å². The number of hydrogen-bond donors (Lipinski definition) is 1. The zero-order valence-corrected chi connectivity index (χ0v) is 13.4. The van der Waals surface area contributed by atoms with E-state index in [1.807, 2.05) is 45.0 Å². The van der Waals surface area contributed by atoms with Crippen molar-refractivity contribution in [3.63, 3.8) is 0 Å². The van der Waals surface area contributed by atoms with Crippen molar-refractivity contribution >= 4 is 17.3 Å². The van der Waals surface area contributed by atoms with E-state index in [0.717, 1.165) is 35.6 Å². The molecule has 0 aliphatic carbocycles. The van der Waals surface area contributed by atoms with Gasteiger partial charge in [0.05, 0.1) is 17.6 Å². The Hall–Kier alpha value is -2.68. The molecule has 0 radical (unpaired) electrons. The van der Waals surface area contributed by atoms with E-state index in [9.17, 15) is 5.26 Å². The van der Waals surface area contributed by atoms with Crippen LogP contribution in [0, 0.1) is 11.3 Å². The Balaban J connectivity index is 2.35. The van der Waals surface area contributed by atoms with E-state index < -0.39 is 0 Å². The third-order valence-electron chi connectivity index (χ3n) is 3.43. The molecule has 2 aromatic heterocycles. The first-order valence-electron chi connectivity index (χ1n) is 7.29. The average Bonchev–Trinajstić information content (AvgIpc) is 2.54.